The molecule has 0 aliphatic heterocycles. The molecule has 0 amide bonds. The van der Waals surface area contributed by atoms with E-state index in [0.29, 0.717) is 10.0 Å². The van der Waals surface area contributed by atoms with Crippen LogP contribution in [0.3, 0.4) is 0 Å². The monoisotopic (exact) mass is 296 g/mol. The quantitative estimate of drug-likeness (QED) is 0.767. The number of carbonyl (C=O) groups excluding carboxylic acids is 1. The average molecular weight is 297 g/mol. The molecule has 0 fully saturated rings. The lowest BCUT2D eigenvalue weighted by Gasteiger charge is -2.04. The zero-order valence-corrected chi connectivity index (χ0v) is 10.2. The average Bonchev–Trinajstić information content (AvgIpc) is 2.32. The molecule has 0 saturated heterocycles. The van der Waals surface area contributed by atoms with Crippen LogP contribution in [-0.4, -0.2) is 5.78 Å². The van der Waals surface area contributed by atoms with E-state index in [9.17, 15) is 13.6 Å². The van der Waals surface area contributed by atoms with Gasteiger partial charge in [-0.15, -0.1) is 0 Å². The van der Waals surface area contributed by atoms with Gasteiger partial charge in [-0.2, -0.15) is 0 Å². The van der Waals surface area contributed by atoms with Crippen molar-refractivity contribution in [1.82, 2.24) is 0 Å². The van der Waals surface area contributed by atoms with Gasteiger partial charge in [0.2, 0.25) is 0 Å². The normalized spacial score (nSPS) is 10.3. The number of hydrogen-bond acceptors (Lipinski definition) is 1. The minimum Gasteiger partial charge on any atom is -0.289 e. The predicted octanol–water partition coefficient (Wildman–Crippen LogP) is 3.96. The standard InChI is InChI=1S/C13H7BrF2O/c14-12-6-5-10(16)7-11(12)13(17)8-1-3-9(15)4-2-8/h1-7H. The summed E-state index contributed by atoms with van der Waals surface area (Å²) in [4.78, 5) is 12.0. The number of halogens is 3. The highest BCUT2D eigenvalue weighted by atomic mass is 79.9. The summed E-state index contributed by atoms with van der Waals surface area (Å²) in [5.41, 5.74) is 0.536. The molecule has 2 aromatic carbocycles. The van der Waals surface area contributed by atoms with Crippen LogP contribution in [0.4, 0.5) is 8.78 Å². The van der Waals surface area contributed by atoms with Crippen LogP contribution in [0.1, 0.15) is 15.9 Å². The van der Waals surface area contributed by atoms with Gasteiger partial charge in [-0.1, -0.05) is 15.9 Å². The van der Waals surface area contributed by atoms with Crippen molar-refractivity contribution < 1.29 is 13.6 Å². The molecule has 0 heterocycles. The van der Waals surface area contributed by atoms with Gasteiger partial charge in [0.05, 0.1) is 0 Å². The van der Waals surface area contributed by atoms with Crippen molar-refractivity contribution in [3.05, 3.63) is 69.7 Å². The van der Waals surface area contributed by atoms with E-state index >= 15 is 0 Å². The highest BCUT2D eigenvalue weighted by molar-refractivity contribution is 9.10. The SMILES string of the molecule is O=C(c1ccc(F)cc1)c1cc(F)ccc1Br. The van der Waals surface area contributed by atoms with Gasteiger partial charge >= 0.3 is 0 Å². The van der Waals surface area contributed by atoms with Crippen molar-refractivity contribution in [3.63, 3.8) is 0 Å². The summed E-state index contributed by atoms with van der Waals surface area (Å²) in [6.45, 7) is 0. The Labute approximate surface area is 105 Å². The van der Waals surface area contributed by atoms with Crippen LogP contribution in [-0.2, 0) is 0 Å². The largest absolute Gasteiger partial charge is 0.289 e. The zero-order valence-electron chi connectivity index (χ0n) is 8.58. The molecule has 0 unspecified atom stereocenters. The van der Waals surface area contributed by atoms with Gasteiger partial charge < -0.3 is 0 Å². The van der Waals surface area contributed by atoms with Gasteiger partial charge in [0, 0.05) is 15.6 Å². The smallest absolute Gasteiger partial charge is 0.194 e. The molecular weight excluding hydrogens is 290 g/mol. The van der Waals surface area contributed by atoms with E-state index in [1.54, 1.807) is 0 Å². The second-order valence-electron chi connectivity index (χ2n) is 3.46. The van der Waals surface area contributed by atoms with Crippen LogP contribution in [0.25, 0.3) is 0 Å². The fourth-order valence-corrected chi connectivity index (χ4v) is 1.85. The molecule has 0 bridgehead atoms. The number of hydrogen-bond donors (Lipinski definition) is 0. The van der Waals surface area contributed by atoms with Gasteiger partial charge in [-0.05, 0) is 42.5 Å². The van der Waals surface area contributed by atoms with Crippen LogP contribution in [0.5, 0.6) is 0 Å². The summed E-state index contributed by atoms with van der Waals surface area (Å²) in [6.07, 6.45) is 0. The summed E-state index contributed by atoms with van der Waals surface area (Å²) >= 11 is 3.18. The second kappa shape index (κ2) is 4.75. The molecule has 0 saturated carbocycles. The highest BCUT2D eigenvalue weighted by Crippen LogP contribution is 2.21. The first-order valence-electron chi connectivity index (χ1n) is 4.83. The van der Waals surface area contributed by atoms with E-state index in [-0.39, 0.29) is 11.3 Å². The molecule has 0 aliphatic carbocycles. The summed E-state index contributed by atoms with van der Waals surface area (Å²) in [5.74, 6) is -1.25. The first-order chi connectivity index (χ1) is 8.08. The molecule has 4 heteroatoms. The molecule has 0 aromatic heterocycles. The number of rotatable bonds is 2. The van der Waals surface area contributed by atoms with Gasteiger partial charge in [-0.25, -0.2) is 8.78 Å². The Morgan fingerprint density at radius 2 is 1.53 bits per heavy atom. The predicted molar refractivity (Wildman–Crippen MR) is 63.9 cm³/mol. The Hall–Kier alpha value is -1.55. The molecule has 0 spiro atoms. The van der Waals surface area contributed by atoms with Crippen molar-refractivity contribution in [2.75, 3.05) is 0 Å². The van der Waals surface area contributed by atoms with E-state index < -0.39 is 11.6 Å². The lowest BCUT2D eigenvalue weighted by molar-refractivity contribution is 0.103. The van der Waals surface area contributed by atoms with Gasteiger partial charge in [0.1, 0.15) is 11.6 Å². The second-order valence-corrected chi connectivity index (χ2v) is 4.31. The molecule has 2 aromatic rings. The summed E-state index contributed by atoms with van der Waals surface area (Å²) in [6, 6.07) is 9.00. The molecular formula is C13H7BrF2O. The van der Waals surface area contributed by atoms with Crippen molar-refractivity contribution in [2.24, 2.45) is 0 Å². The molecule has 0 aliphatic rings. The fourth-order valence-electron chi connectivity index (χ4n) is 1.43. The Morgan fingerprint density at radius 1 is 0.941 bits per heavy atom. The summed E-state index contributed by atoms with van der Waals surface area (Å²) in [5, 5.41) is 0. The van der Waals surface area contributed by atoms with E-state index in [0.717, 1.165) is 6.07 Å². The molecule has 17 heavy (non-hydrogen) atoms. The van der Waals surface area contributed by atoms with Gasteiger partial charge in [0.25, 0.3) is 0 Å². The van der Waals surface area contributed by atoms with E-state index in [2.05, 4.69) is 15.9 Å². The first-order valence-corrected chi connectivity index (χ1v) is 5.62. The molecule has 1 nitrogen and oxygen atoms in total. The highest BCUT2D eigenvalue weighted by Gasteiger charge is 2.13. The molecule has 2 rings (SSSR count). The van der Waals surface area contributed by atoms with Gasteiger partial charge in [0.15, 0.2) is 5.78 Å². The third kappa shape index (κ3) is 2.58. The third-order valence-electron chi connectivity index (χ3n) is 2.28. The maximum absolute atomic E-state index is 13.1. The van der Waals surface area contributed by atoms with E-state index in [1.807, 2.05) is 0 Å². The van der Waals surface area contributed by atoms with Crippen molar-refractivity contribution in [1.29, 1.82) is 0 Å². The summed E-state index contributed by atoms with van der Waals surface area (Å²) < 4.78 is 26.3. The third-order valence-corrected chi connectivity index (χ3v) is 2.97. The van der Waals surface area contributed by atoms with Crippen LogP contribution in [0, 0.1) is 11.6 Å². The minimum absolute atomic E-state index is 0.219. The van der Waals surface area contributed by atoms with Crippen LogP contribution < -0.4 is 0 Å². The van der Waals surface area contributed by atoms with Crippen LogP contribution in [0.15, 0.2) is 46.9 Å². The van der Waals surface area contributed by atoms with Crippen molar-refractivity contribution in [3.8, 4) is 0 Å². The fraction of sp³-hybridized carbons (Fsp3) is 0. The van der Waals surface area contributed by atoms with Crippen molar-refractivity contribution >= 4 is 21.7 Å². The lowest BCUT2D eigenvalue weighted by atomic mass is 10.0. The molecule has 0 N–H and O–H groups in total. The van der Waals surface area contributed by atoms with Crippen LogP contribution in [0.2, 0.25) is 0 Å². The maximum Gasteiger partial charge on any atom is 0.194 e. The van der Waals surface area contributed by atoms with Crippen molar-refractivity contribution in [2.45, 2.75) is 0 Å². The Bertz CT molecular complexity index is 564. The molecule has 86 valence electrons. The minimum atomic E-state index is -0.487. The zero-order chi connectivity index (χ0) is 12.4. The Morgan fingerprint density at radius 3 is 2.18 bits per heavy atom. The topological polar surface area (TPSA) is 17.1 Å². The number of carbonyl (C=O) groups is 1. The number of benzene rings is 2. The Balaban J connectivity index is 2.43. The van der Waals surface area contributed by atoms with Crippen LogP contribution >= 0.6 is 15.9 Å². The number of ketones is 1. The first kappa shape index (κ1) is 11.9. The van der Waals surface area contributed by atoms with E-state index in [1.165, 1.54) is 36.4 Å². The lowest BCUT2D eigenvalue weighted by Crippen LogP contribution is -2.03. The Kier molecular flexibility index (Phi) is 3.33. The maximum atomic E-state index is 13.1. The molecule has 0 atom stereocenters. The molecule has 0 radical (unpaired) electrons. The summed E-state index contributed by atoms with van der Waals surface area (Å²) in [7, 11) is 0. The van der Waals surface area contributed by atoms with Gasteiger partial charge in [-0.3, -0.25) is 4.79 Å². The van der Waals surface area contributed by atoms with E-state index in [4.69, 9.17) is 0 Å².